The lowest BCUT2D eigenvalue weighted by Gasteiger charge is -2.18. The third-order valence-electron chi connectivity index (χ3n) is 3.28. The van der Waals surface area contributed by atoms with Gasteiger partial charge in [0.05, 0.1) is 0 Å². The standard InChI is InChI=1S/C14H20IN/c1-2-16-14(10-5-11-3-4-11)12-6-8-13(15)9-7-12/h6-9,11,14,16H,2-5,10H2,1H3. The quantitative estimate of drug-likeness (QED) is 0.774. The zero-order valence-electron chi connectivity index (χ0n) is 9.88. The van der Waals surface area contributed by atoms with Crippen molar-refractivity contribution in [1.29, 1.82) is 0 Å². The molecule has 2 heteroatoms. The fraction of sp³-hybridized carbons (Fsp3) is 0.571. The molecule has 1 fully saturated rings. The second kappa shape index (κ2) is 6.01. The summed E-state index contributed by atoms with van der Waals surface area (Å²) in [6.45, 7) is 3.25. The van der Waals surface area contributed by atoms with Crippen molar-refractivity contribution in [2.24, 2.45) is 5.92 Å². The normalized spacial score (nSPS) is 17.4. The summed E-state index contributed by atoms with van der Waals surface area (Å²) in [6, 6.07) is 9.50. The number of benzene rings is 1. The van der Waals surface area contributed by atoms with Crippen molar-refractivity contribution in [3.05, 3.63) is 33.4 Å². The number of nitrogens with one attached hydrogen (secondary N) is 1. The summed E-state index contributed by atoms with van der Waals surface area (Å²) >= 11 is 2.36. The van der Waals surface area contributed by atoms with Crippen LogP contribution in [0, 0.1) is 9.49 Å². The van der Waals surface area contributed by atoms with E-state index in [1.807, 2.05) is 0 Å². The summed E-state index contributed by atoms with van der Waals surface area (Å²) in [5.41, 5.74) is 1.45. The van der Waals surface area contributed by atoms with Gasteiger partial charge in [-0.3, -0.25) is 0 Å². The van der Waals surface area contributed by atoms with E-state index in [0.29, 0.717) is 6.04 Å². The molecule has 0 aromatic heterocycles. The van der Waals surface area contributed by atoms with Crippen LogP contribution in [0.15, 0.2) is 24.3 Å². The summed E-state index contributed by atoms with van der Waals surface area (Å²) in [7, 11) is 0. The number of rotatable bonds is 6. The highest BCUT2D eigenvalue weighted by molar-refractivity contribution is 14.1. The minimum Gasteiger partial charge on any atom is -0.310 e. The molecule has 0 spiro atoms. The average Bonchev–Trinajstić information content (AvgIpc) is 3.09. The maximum Gasteiger partial charge on any atom is 0.0320 e. The van der Waals surface area contributed by atoms with Gasteiger partial charge in [0.15, 0.2) is 0 Å². The molecule has 1 unspecified atom stereocenters. The Bertz CT molecular complexity index is 316. The lowest BCUT2D eigenvalue weighted by atomic mass is 10.0. The van der Waals surface area contributed by atoms with Crippen LogP contribution in [0.25, 0.3) is 0 Å². The molecule has 1 saturated carbocycles. The first-order chi connectivity index (χ1) is 7.79. The van der Waals surface area contributed by atoms with Gasteiger partial charge in [-0.15, -0.1) is 0 Å². The molecule has 1 N–H and O–H groups in total. The van der Waals surface area contributed by atoms with E-state index in [2.05, 4.69) is 59.1 Å². The van der Waals surface area contributed by atoms with Gasteiger partial charge in [-0.1, -0.05) is 31.9 Å². The molecule has 1 aromatic rings. The van der Waals surface area contributed by atoms with Gasteiger partial charge in [-0.2, -0.15) is 0 Å². The van der Waals surface area contributed by atoms with Gasteiger partial charge in [0.1, 0.15) is 0 Å². The van der Waals surface area contributed by atoms with E-state index in [9.17, 15) is 0 Å². The summed E-state index contributed by atoms with van der Waals surface area (Å²) in [6.07, 6.45) is 5.61. The van der Waals surface area contributed by atoms with Crippen molar-refractivity contribution in [1.82, 2.24) is 5.32 Å². The minimum absolute atomic E-state index is 0.558. The molecule has 88 valence electrons. The smallest absolute Gasteiger partial charge is 0.0320 e. The third kappa shape index (κ3) is 3.74. The van der Waals surface area contributed by atoms with Gasteiger partial charge >= 0.3 is 0 Å². The Morgan fingerprint density at radius 1 is 1.31 bits per heavy atom. The lowest BCUT2D eigenvalue weighted by Crippen LogP contribution is -2.21. The molecule has 1 nitrogen and oxygen atoms in total. The van der Waals surface area contributed by atoms with Crippen LogP contribution in [0.4, 0.5) is 0 Å². The van der Waals surface area contributed by atoms with Crippen LogP contribution in [0.5, 0.6) is 0 Å². The Morgan fingerprint density at radius 2 is 2.00 bits per heavy atom. The van der Waals surface area contributed by atoms with E-state index in [-0.39, 0.29) is 0 Å². The zero-order chi connectivity index (χ0) is 11.4. The molecule has 2 rings (SSSR count). The fourth-order valence-corrected chi connectivity index (χ4v) is 2.50. The second-order valence-electron chi connectivity index (χ2n) is 4.68. The monoisotopic (exact) mass is 329 g/mol. The van der Waals surface area contributed by atoms with Crippen LogP contribution in [0.3, 0.4) is 0 Å². The first kappa shape index (κ1) is 12.4. The average molecular weight is 329 g/mol. The van der Waals surface area contributed by atoms with E-state index >= 15 is 0 Å². The third-order valence-corrected chi connectivity index (χ3v) is 4.00. The molecule has 0 saturated heterocycles. The Balaban J connectivity index is 1.95. The Hall–Kier alpha value is -0.0900. The molecule has 16 heavy (non-hydrogen) atoms. The van der Waals surface area contributed by atoms with Gasteiger partial charge < -0.3 is 5.32 Å². The molecule has 1 aromatic carbocycles. The molecule has 0 radical (unpaired) electrons. The highest BCUT2D eigenvalue weighted by atomic mass is 127. The predicted octanol–water partition coefficient (Wildman–Crippen LogP) is 4.13. The maximum absolute atomic E-state index is 3.60. The predicted molar refractivity (Wildman–Crippen MR) is 77.5 cm³/mol. The summed E-state index contributed by atoms with van der Waals surface area (Å²) in [5.74, 6) is 1.03. The summed E-state index contributed by atoms with van der Waals surface area (Å²) in [4.78, 5) is 0. The molecule has 1 aliphatic carbocycles. The molecule has 1 aliphatic rings. The molecular weight excluding hydrogens is 309 g/mol. The summed E-state index contributed by atoms with van der Waals surface area (Å²) < 4.78 is 1.32. The highest BCUT2D eigenvalue weighted by Gasteiger charge is 2.22. The van der Waals surface area contributed by atoms with Crippen molar-refractivity contribution in [3.63, 3.8) is 0 Å². The Labute approximate surface area is 112 Å². The number of hydrogen-bond donors (Lipinski definition) is 1. The van der Waals surface area contributed by atoms with Crippen molar-refractivity contribution in [2.75, 3.05) is 6.54 Å². The molecule has 0 aliphatic heterocycles. The largest absolute Gasteiger partial charge is 0.310 e. The van der Waals surface area contributed by atoms with Gasteiger partial charge in [0, 0.05) is 9.61 Å². The van der Waals surface area contributed by atoms with Crippen LogP contribution >= 0.6 is 22.6 Å². The maximum atomic E-state index is 3.60. The van der Waals surface area contributed by atoms with Crippen LogP contribution in [0.2, 0.25) is 0 Å². The second-order valence-corrected chi connectivity index (χ2v) is 5.93. The van der Waals surface area contributed by atoms with Gasteiger partial charge in [0.2, 0.25) is 0 Å². The van der Waals surface area contributed by atoms with E-state index in [1.54, 1.807) is 0 Å². The van der Waals surface area contributed by atoms with E-state index in [0.717, 1.165) is 12.5 Å². The lowest BCUT2D eigenvalue weighted by molar-refractivity contribution is 0.481. The fourth-order valence-electron chi connectivity index (χ4n) is 2.14. The number of hydrogen-bond acceptors (Lipinski definition) is 1. The van der Waals surface area contributed by atoms with Crippen LogP contribution in [-0.2, 0) is 0 Å². The first-order valence-electron chi connectivity index (χ1n) is 6.28. The van der Waals surface area contributed by atoms with Gasteiger partial charge in [-0.25, -0.2) is 0 Å². The van der Waals surface area contributed by atoms with Crippen LogP contribution in [-0.4, -0.2) is 6.54 Å². The van der Waals surface area contributed by atoms with Crippen molar-refractivity contribution < 1.29 is 0 Å². The van der Waals surface area contributed by atoms with Crippen molar-refractivity contribution in [3.8, 4) is 0 Å². The van der Waals surface area contributed by atoms with Gasteiger partial charge in [-0.05, 0) is 65.6 Å². The first-order valence-corrected chi connectivity index (χ1v) is 7.36. The Morgan fingerprint density at radius 3 is 2.56 bits per heavy atom. The van der Waals surface area contributed by atoms with E-state index in [1.165, 1.54) is 34.8 Å². The SMILES string of the molecule is CCNC(CCC1CC1)c1ccc(I)cc1. The van der Waals surface area contributed by atoms with Crippen LogP contribution < -0.4 is 5.32 Å². The minimum atomic E-state index is 0.558. The molecule has 0 heterocycles. The van der Waals surface area contributed by atoms with E-state index < -0.39 is 0 Å². The molecule has 1 atom stereocenters. The van der Waals surface area contributed by atoms with Crippen LogP contribution in [0.1, 0.15) is 44.2 Å². The molecular formula is C14H20IN. The Kier molecular flexibility index (Phi) is 4.65. The highest BCUT2D eigenvalue weighted by Crippen LogP contribution is 2.35. The molecule has 0 amide bonds. The summed E-state index contributed by atoms with van der Waals surface area (Å²) in [5, 5.41) is 3.60. The van der Waals surface area contributed by atoms with E-state index in [4.69, 9.17) is 0 Å². The van der Waals surface area contributed by atoms with Gasteiger partial charge in [0.25, 0.3) is 0 Å². The van der Waals surface area contributed by atoms with Crippen molar-refractivity contribution >= 4 is 22.6 Å². The topological polar surface area (TPSA) is 12.0 Å². The molecule has 0 bridgehead atoms. The zero-order valence-corrected chi connectivity index (χ0v) is 12.0. The number of halogens is 1. The van der Waals surface area contributed by atoms with Crippen molar-refractivity contribution in [2.45, 2.75) is 38.6 Å².